The van der Waals surface area contributed by atoms with Crippen molar-refractivity contribution in [2.24, 2.45) is 5.92 Å². The molecule has 1 saturated heterocycles. The highest BCUT2D eigenvalue weighted by molar-refractivity contribution is 5.75. The molecule has 0 atom stereocenters. The molecule has 0 spiro atoms. The van der Waals surface area contributed by atoms with Gasteiger partial charge in [0.05, 0.1) is 12.1 Å². The Kier molecular flexibility index (Phi) is 5.96. The molecule has 5 nitrogen and oxygen atoms in total. The monoisotopic (exact) mass is 355 g/mol. The van der Waals surface area contributed by atoms with E-state index in [1.807, 2.05) is 35.2 Å². The van der Waals surface area contributed by atoms with Gasteiger partial charge in [-0.15, -0.1) is 0 Å². The van der Waals surface area contributed by atoms with Gasteiger partial charge in [-0.05, 0) is 25.2 Å². The predicted molar refractivity (Wildman–Crippen MR) is 104 cm³/mol. The SMILES string of the molecule is CC(=O)N(Cc1c(-c2ccccc2)noc1N1CCCCC1)CC(C)C. The Labute approximate surface area is 156 Å². The van der Waals surface area contributed by atoms with Gasteiger partial charge in [-0.2, -0.15) is 0 Å². The Bertz CT molecular complexity index is 718. The van der Waals surface area contributed by atoms with Crippen molar-refractivity contribution >= 4 is 11.8 Å². The number of rotatable bonds is 6. The first-order valence-corrected chi connectivity index (χ1v) is 9.60. The number of carbonyl (C=O) groups is 1. The lowest BCUT2D eigenvalue weighted by Crippen LogP contribution is -2.34. The summed E-state index contributed by atoms with van der Waals surface area (Å²) in [4.78, 5) is 16.4. The molecule has 0 N–H and O–H groups in total. The van der Waals surface area contributed by atoms with E-state index in [1.54, 1.807) is 6.92 Å². The second kappa shape index (κ2) is 8.39. The van der Waals surface area contributed by atoms with Gasteiger partial charge < -0.3 is 14.3 Å². The van der Waals surface area contributed by atoms with Crippen molar-refractivity contribution in [3.8, 4) is 11.3 Å². The first-order valence-electron chi connectivity index (χ1n) is 9.60. The molecule has 5 heteroatoms. The molecular weight excluding hydrogens is 326 g/mol. The van der Waals surface area contributed by atoms with E-state index in [0.717, 1.165) is 42.3 Å². The van der Waals surface area contributed by atoms with Crippen molar-refractivity contribution in [1.29, 1.82) is 0 Å². The number of amides is 1. The lowest BCUT2D eigenvalue weighted by Gasteiger charge is -2.28. The molecule has 2 aromatic rings. The second-order valence-electron chi connectivity index (χ2n) is 7.52. The Morgan fingerprint density at radius 1 is 1.19 bits per heavy atom. The van der Waals surface area contributed by atoms with Crippen LogP contribution in [0.1, 0.15) is 45.6 Å². The maximum absolute atomic E-state index is 12.2. The lowest BCUT2D eigenvalue weighted by molar-refractivity contribution is -0.129. The summed E-state index contributed by atoms with van der Waals surface area (Å²) >= 11 is 0. The lowest BCUT2D eigenvalue weighted by atomic mass is 10.0. The largest absolute Gasteiger partial charge is 0.340 e. The van der Waals surface area contributed by atoms with E-state index in [-0.39, 0.29) is 5.91 Å². The molecule has 0 unspecified atom stereocenters. The number of nitrogens with zero attached hydrogens (tertiary/aromatic N) is 3. The molecule has 2 heterocycles. The van der Waals surface area contributed by atoms with E-state index in [9.17, 15) is 4.79 Å². The molecule has 1 aliphatic rings. The molecule has 1 aromatic carbocycles. The number of anilines is 1. The smallest absolute Gasteiger partial charge is 0.232 e. The minimum Gasteiger partial charge on any atom is -0.340 e. The summed E-state index contributed by atoms with van der Waals surface area (Å²) in [5.74, 6) is 1.33. The highest BCUT2D eigenvalue weighted by atomic mass is 16.5. The molecule has 3 rings (SSSR count). The van der Waals surface area contributed by atoms with Gasteiger partial charge in [0.15, 0.2) is 0 Å². The number of benzene rings is 1. The third kappa shape index (κ3) is 4.26. The van der Waals surface area contributed by atoms with Gasteiger partial charge in [-0.3, -0.25) is 4.79 Å². The summed E-state index contributed by atoms with van der Waals surface area (Å²) in [5.41, 5.74) is 2.90. The molecular formula is C21H29N3O2. The zero-order valence-electron chi connectivity index (χ0n) is 16.1. The zero-order chi connectivity index (χ0) is 18.5. The van der Waals surface area contributed by atoms with Gasteiger partial charge in [0, 0.05) is 32.1 Å². The van der Waals surface area contributed by atoms with E-state index < -0.39 is 0 Å². The maximum atomic E-state index is 12.2. The van der Waals surface area contributed by atoms with E-state index in [1.165, 1.54) is 19.3 Å². The quantitative estimate of drug-likeness (QED) is 0.773. The van der Waals surface area contributed by atoms with Crippen LogP contribution in [-0.4, -0.2) is 35.6 Å². The Hall–Kier alpha value is -2.30. The predicted octanol–water partition coefficient (Wildman–Crippen LogP) is 4.34. The van der Waals surface area contributed by atoms with Crippen LogP contribution in [0, 0.1) is 5.92 Å². The number of hydrogen-bond donors (Lipinski definition) is 0. The van der Waals surface area contributed by atoms with E-state index >= 15 is 0 Å². The van der Waals surface area contributed by atoms with Gasteiger partial charge in [-0.1, -0.05) is 49.3 Å². The Morgan fingerprint density at radius 3 is 2.50 bits per heavy atom. The van der Waals surface area contributed by atoms with Crippen molar-refractivity contribution in [2.45, 2.75) is 46.6 Å². The highest BCUT2D eigenvalue weighted by Gasteiger charge is 2.26. The van der Waals surface area contributed by atoms with Crippen LogP contribution >= 0.6 is 0 Å². The summed E-state index contributed by atoms with van der Waals surface area (Å²) in [6.07, 6.45) is 3.60. The third-order valence-corrected chi connectivity index (χ3v) is 4.84. The highest BCUT2D eigenvalue weighted by Crippen LogP contribution is 2.34. The minimum absolute atomic E-state index is 0.0866. The first kappa shape index (κ1) is 18.5. The third-order valence-electron chi connectivity index (χ3n) is 4.84. The average molecular weight is 355 g/mol. The average Bonchev–Trinajstić information content (AvgIpc) is 3.06. The molecule has 140 valence electrons. The number of hydrogen-bond acceptors (Lipinski definition) is 4. The summed E-state index contributed by atoms with van der Waals surface area (Å²) < 4.78 is 5.81. The van der Waals surface area contributed by atoms with Crippen LogP contribution in [0.4, 0.5) is 5.88 Å². The molecule has 26 heavy (non-hydrogen) atoms. The van der Waals surface area contributed by atoms with E-state index in [0.29, 0.717) is 12.5 Å². The molecule has 1 aliphatic heterocycles. The van der Waals surface area contributed by atoms with Crippen LogP contribution in [0.15, 0.2) is 34.9 Å². The molecule has 0 bridgehead atoms. The normalized spacial score (nSPS) is 14.7. The fourth-order valence-electron chi connectivity index (χ4n) is 3.55. The van der Waals surface area contributed by atoms with Crippen molar-refractivity contribution in [1.82, 2.24) is 10.1 Å². The van der Waals surface area contributed by atoms with Gasteiger partial charge in [0.1, 0.15) is 5.69 Å². The van der Waals surface area contributed by atoms with Gasteiger partial charge in [-0.25, -0.2) is 0 Å². The molecule has 1 amide bonds. The fraction of sp³-hybridized carbons (Fsp3) is 0.524. The zero-order valence-corrected chi connectivity index (χ0v) is 16.1. The number of carbonyl (C=O) groups excluding carboxylic acids is 1. The minimum atomic E-state index is 0.0866. The van der Waals surface area contributed by atoms with Crippen LogP contribution in [0.25, 0.3) is 11.3 Å². The topological polar surface area (TPSA) is 49.6 Å². The van der Waals surface area contributed by atoms with Crippen LogP contribution in [0.2, 0.25) is 0 Å². The van der Waals surface area contributed by atoms with Gasteiger partial charge in [0.25, 0.3) is 0 Å². The van der Waals surface area contributed by atoms with Crippen molar-refractivity contribution in [2.75, 3.05) is 24.5 Å². The van der Waals surface area contributed by atoms with Gasteiger partial charge in [0.2, 0.25) is 11.8 Å². The van der Waals surface area contributed by atoms with Crippen LogP contribution in [0.3, 0.4) is 0 Å². The molecule has 0 saturated carbocycles. The summed E-state index contributed by atoms with van der Waals surface area (Å²) in [5, 5.41) is 4.40. The molecule has 0 radical (unpaired) electrons. The van der Waals surface area contributed by atoms with E-state index in [4.69, 9.17) is 4.52 Å². The van der Waals surface area contributed by atoms with Crippen LogP contribution < -0.4 is 4.90 Å². The maximum Gasteiger partial charge on any atom is 0.232 e. The summed E-state index contributed by atoms with van der Waals surface area (Å²) in [6, 6.07) is 10.1. The first-order chi connectivity index (χ1) is 12.6. The van der Waals surface area contributed by atoms with Crippen molar-refractivity contribution in [3.05, 3.63) is 35.9 Å². The summed E-state index contributed by atoms with van der Waals surface area (Å²) in [6.45, 7) is 9.14. The molecule has 0 aliphatic carbocycles. The van der Waals surface area contributed by atoms with Gasteiger partial charge >= 0.3 is 0 Å². The summed E-state index contributed by atoms with van der Waals surface area (Å²) in [7, 11) is 0. The number of aromatic nitrogens is 1. The number of piperidine rings is 1. The molecule has 1 aromatic heterocycles. The molecule has 1 fully saturated rings. The van der Waals surface area contributed by atoms with Crippen LogP contribution in [0.5, 0.6) is 0 Å². The van der Waals surface area contributed by atoms with Crippen molar-refractivity contribution in [3.63, 3.8) is 0 Å². The second-order valence-corrected chi connectivity index (χ2v) is 7.52. The van der Waals surface area contributed by atoms with Crippen molar-refractivity contribution < 1.29 is 9.32 Å². The fourth-order valence-corrected chi connectivity index (χ4v) is 3.55. The van der Waals surface area contributed by atoms with Crippen LogP contribution in [-0.2, 0) is 11.3 Å². The van der Waals surface area contributed by atoms with E-state index in [2.05, 4.69) is 23.9 Å². The Morgan fingerprint density at radius 2 is 1.88 bits per heavy atom. The Balaban J connectivity index is 1.98. The standard InChI is InChI=1S/C21H29N3O2/c1-16(2)14-24(17(3)25)15-19-20(18-10-6-4-7-11-18)22-26-21(19)23-12-8-5-9-13-23/h4,6-7,10-11,16H,5,8-9,12-15H2,1-3H3.